The fourth-order valence-corrected chi connectivity index (χ4v) is 9.79. The Labute approximate surface area is 346 Å². The van der Waals surface area contributed by atoms with Crippen LogP contribution in [0.5, 0.6) is 5.75 Å². The molecule has 2 N–H and O–H groups in total. The molecule has 18 heteroatoms. The van der Waals surface area contributed by atoms with Crippen molar-refractivity contribution in [1.82, 2.24) is 5.01 Å². The zero-order valence-electron chi connectivity index (χ0n) is 32.0. The minimum Gasteiger partial charge on any atom is -0.491 e. The van der Waals surface area contributed by atoms with Crippen LogP contribution in [0, 0.1) is 49.7 Å². The van der Waals surface area contributed by atoms with E-state index in [1.54, 1.807) is 48.5 Å². The predicted molar refractivity (Wildman–Crippen MR) is 215 cm³/mol. The number of hydrogen-bond acceptors (Lipinski definition) is 12. The number of benzene rings is 4. The monoisotopic (exact) mass is 838 g/mol. The first-order valence-corrected chi connectivity index (χ1v) is 19.3. The summed E-state index contributed by atoms with van der Waals surface area (Å²) in [7, 11) is 2.79. The van der Waals surface area contributed by atoms with Crippen LogP contribution in [0.2, 0.25) is 5.02 Å². The fourth-order valence-electron chi connectivity index (χ4n) is 9.66. The first kappa shape index (κ1) is 40.1. The molecule has 2 aliphatic carbocycles. The Kier molecular flexibility index (Phi) is 10.1. The number of hydrazine groups is 1. The number of nitrogens with zero attached hydrogens (tertiary/aromatic N) is 5. The molecule has 4 aliphatic rings. The van der Waals surface area contributed by atoms with Crippen LogP contribution in [0.25, 0.3) is 0 Å². The van der Waals surface area contributed by atoms with Gasteiger partial charge in [-0.15, -0.1) is 0 Å². The molecule has 8 rings (SSSR count). The highest BCUT2D eigenvalue weighted by atomic mass is 35.5. The second-order valence-corrected chi connectivity index (χ2v) is 15.7. The standard InChI is InChI=1S/C42H36ClFN6O10/c1-46(2)37-33(49(56)57)19-27(20-34(37)50(58)59)47-38(52)30-16-15-29-31(35(30)40(47)54)21-32-39(53)48(45-26-11-9-25(44)10-12-26)41(55)42(32,23-5-7-24(43)8-6-23)36(29)22-3-13-28(14-4-22)60-18-17-51/h3-15,19-20,30-32,35-36,45,51H,16-18,21H2,1-2H3. The van der Waals surface area contributed by atoms with Crippen LogP contribution in [-0.4, -0.2) is 70.9 Å². The highest BCUT2D eigenvalue weighted by Gasteiger charge is 2.70. The van der Waals surface area contributed by atoms with E-state index in [2.05, 4.69) is 5.43 Å². The minimum atomic E-state index is -1.66. The number of amides is 4. The van der Waals surface area contributed by atoms with Gasteiger partial charge in [0.25, 0.3) is 11.8 Å². The second-order valence-electron chi connectivity index (χ2n) is 15.3. The predicted octanol–water partition coefficient (Wildman–Crippen LogP) is 5.92. The molecule has 4 aromatic rings. The lowest BCUT2D eigenvalue weighted by atomic mass is 9.49. The molecule has 2 aliphatic heterocycles. The molecule has 6 atom stereocenters. The number of fused-ring (bicyclic) bond motifs is 4. The molecule has 308 valence electrons. The summed E-state index contributed by atoms with van der Waals surface area (Å²) >= 11 is 6.36. The summed E-state index contributed by atoms with van der Waals surface area (Å²) < 4.78 is 19.6. The summed E-state index contributed by atoms with van der Waals surface area (Å²) in [5.41, 5.74) is 1.05. The quantitative estimate of drug-likeness (QED) is 0.0782. The van der Waals surface area contributed by atoms with Gasteiger partial charge < -0.3 is 14.7 Å². The van der Waals surface area contributed by atoms with Crippen molar-refractivity contribution in [3.63, 3.8) is 0 Å². The Bertz CT molecular complexity index is 2460. The van der Waals surface area contributed by atoms with E-state index in [4.69, 9.17) is 16.3 Å². The van der Waals surface area contributed by atoms with Gasteiger partial charge in [0, 0.05) is 37.2 Å². The van der Waals surface area contributed by atoms with Crippen LogP contribution in [0.4, 0.5) is 32.8 Å². The van der Waals surface area contributed by atoms with E-state index in [0.717, 1.165) is 22.0 Å². The number of imide groups is 2. The number of nitrogens with one attached hydrogen (secondary N) is 1. The van der Waals surface area contributed by atoms with Crippen molar-refractivity contribution in [3.05, 3.63) is 139 Å². The van der Waals surface area contributed by atoms with Gasteiger partial charge >= 0.3 is 11.4 Å². The molecule has 6 unspecified atom stereocenters. The summed E-state index contributed by atoms with van der Waals surface area (Å²) in [4.78, 5) is 84.2. The average molecular weight is 839 g/mol. The van der Waals surface area contributed by atoms with Gasteiger partial charge in [-0.25, -0.2) is 9.29 Å². The van der Waals surface area contributed by atoms with Crippen molar-refractivity contribution in [1.29, 1.82) is 0 Å². The molecule has 60 heavy (non-hydrogen) atoms. The number of ether oxygens (including phenoxy) is 1. The zero-order valence-corrected chi connectivity index (χ0v) is 32.7. The van der Waals surface area contributed by atoms with Gasteiger partial charge in [-0.1, -0.05) is 47.5 Å². The maximum Gasteiger partial charge on any atom is 0.301 e. The van der Waals surface area contributed by atoms with Crippen LogP contribution in [-0.2, 0) is 24.6 Å². The van der Waals surface area contributed by atoms with E-state index in [9.17, 15) is 44.1 Å². The number of aliphatic hydroxyl groups excluding tert-OH is 1. The highest BCUT2D eigenvalue weighted by molar-refractivity contribution is 6.30. The minimum absolute atomic E-state index is 0.00673. The molecular weight excluding hydrogens is 803 g/mol. The summed E-state index contributed by atoms with van der Waals surface area (Å²) in [6, 6.07) is 20.4. The number of aliphatic hydroxyl groups is 1. The molecule has 4 amide bonds. The molecule has 16 nitrogen and oxygen atoms in total. The van der Waals surface area contributed by atoms with Gasteiger partial charge in [-0.2, -0.15) is 5.01 Å². The van der Waals surface area contributed by atoms with Crippen molar-refractivity contribution >= 4 is 63.7 Å². The normalized spacial score (nSPS) is 24.4. The van der Waals surface area contributed by atoms with Crippen molar-refractivity contribution < 1.29 is 43.3 Å². The van der Waals surface area contributed by atoms with Gasteiger partial charge in [0.1, 0.15) is 18.2 Å². The number of halogens is 2. The second kappa shape index (κ2) is 15.1. The molecule has 0 spiro atoms. The number of rotatable bonds is 11. The van der Waals surface area contributed by atoms with E-state index < -0.39 is 85.7 Å². The molecule has 3 fully saturated rings. The molecule has 2 saturated heterocycles. The number of carbonyl (C=O) groups excluding carboxylic acids is 4. The molecule has 1 saturated carbocycles. The maximum atomic E-state index is 15.3. The number of hydrogen-bond donors (Lipinski definition) is 2. The summed E-state index contributed by atoms with van der Waals surface area (Å²) in [6.07, 6.45) is 1.72. The number of nitro benzene ring substituents is 2. The lowest BCUT2D eigenvalue weighted by Gasteiger charge is -2.50. The third kappa shape index (κ3) is 6.23. The van der Waals surface area contributed by atoms with Gasteiger partial charge in [-0.05, 0) is 78.4 Å². The van der Waals surface area contributed by atoms with E-state index in [1.807, 2.05) is 6.08 Å². The van der Waals surface area contributed by atoms with Crippen molar-refractivity contribution in [2.75, 3.05) is 42.5 Å². The number of carbonyl (C=O) groups is 4. The Hall–Kier alpha value is -6.72. The van der Waals surface area contributed by atoms with Gasteiger partial charge in [0.15, 0.2) is 5.69 Å². The molecular formula is C42H36ClFN6O10. The third-order valence-electron chi connectivity index (χ3n) is 12.0. The van der Waals surface area contributed by atoms with Crippen molar-refractivity contribution in [3.8, 4) is 5.75 Å². The first-order valence-electron chi connectivity index (χ1n) is 18.9. The summed E-state index contributed by atoms with van der Waals surface area (Å²) in [5, 5.41) is 35.1. The third-order valence-corrected chi connectivity index (χ3v) is 12.2. The van der Waals surface area contributed by atoms with E-state index in [0.29, 0.717) is 27.5 Å². The topological polar surface area (TPSA) is 206 Å². The summed E-state index contributed by atoms with van der Waals surface area (Å²) in [5.74, 6) is -7.93. The molecule has 0 bridgehead atoms. The van der Waals surface area contributed by atoms with E-state index >= 15 is 4.79 Å². The van der Waals surface area contributed by atoms with Gasteiger partial charge in [0.2, 0.25) is 11.8 Å². The summed E-state index contributed by atoms with van der Waals surface area (Å²) in [6.45, 7) is -0.218. The lowest BCUT2D eigenvalue weighted by Crippen LogP contribution is -2.53. The fraction of sp³-hybridized carbons (Fsp3) is 0.286. The highest BCUT2D eigenvalue weighted by Crippen LogP contribution is 2.64. The van der Waals surface area contributed by atoms with Crippen LogP contribution < -0.4 is 20.0 Å². The van der Waals surface area contributed by atoms with Crippen molar-refractivity contribution in [2.24, 2.45) is 23.7 Å². The smallest absolute Gasteiger partial charge is 0.301 e. The Morgan fingerprint density at radius 1 is 0.900 bits per heavy atom. The van der Waals surface area contributed by atoms with Crippen molar-refractivity contribution in [2.45, 2.75) is 24.2 Å². The first-order chi connectivity index (χ1) is 28.7. The van der Waals surface area contributed by atoms with E-state index in [1.165, 1.54) is 43.3 Å². The molecule has 0 aromatic heterocycles. The Morgan fingerprint density at radius 2 is 1.53 bits per heavy atom. The Balaban J connectivity index is 1.29. The zero-order chi connectivity index (χ0) is 42.8. The Morgan fingerprint density at radius 3 is 2.12 bits per heavy atom. The van der Waals surface area contributed by atoms with Gasteiger partial charge in [0.05, 0.1) is 51.0 Å². The number of nitro groups is 2. The van der Waals surface area contributed by atoms with Gasteiger partial charge in [-0.3, -0.25) is 44.8 Å². The van der Waals surface area contributed by atoms with Crippen LogP contribution >= 0.6 is 11.6 Å². The maximum absolute atomic E-state index is 15.3. The molecule has 0 radical (unpaired) electrons. The van der Waals surface area contributed by atoms with E-state index in [-0.39, 0.29) is 43.1 Å². The molecule has 4 aromatic carbocycles. The largest absolute Gasteiger partial charge is 0.491 e. The lowest BCUT2D eigenvalue weighted by molar-refractivity contribution is -0.392. The number of allylic oxidation sites excluding steroid dienone is 2. The van der Waals surface area contributed by atoms with Crippen LogP contribution in [0.15, 0.2) is 96.6 Å². The number of anilines is 3. The molecule has 2 heterocycles. The van der Waals surface area contributed by atoms with Crippen LogP contribution in [0.1, 0.15) is 29.9 Å². The van der Waals surface area contributed by atoms with Crippen LogP contribution in [0.3, 0.4) is 0 Å². The SMILES string of the molecule is CN(C)c1c([N+](=O)[O-])cc(N2C(=O)C3CC=C4C(CC5C(=O)N(Nc6ccc(F)cc6)C(=O)C5(c5ccc(Cl)cc5)C4c4ccc(OCCO)cc4)C3C2=O)cc1[N+](=O)[O-]. The average Bonchev–Trinajstić information content (AvgIpc) is 3.61.